The predicted octanol–water partition coefficient (Wildman–Crippen LogP) is -0.0110. The standard InChI is InChI=1S/C16H20NO8P/c18-13-12(4-6-26(21,22)23)25-16(15(20)14(13)19)24-11-2-1-9-3-5-17-8-10(9)7-11/h1-3,5,7-8,12-16,18-20H,4,6H2,(H2,21,22,23)/t12-,13-,14+,15+,16?/m1/s1. The lowest BCUT2D eigenvalue weighted by Crippen LogP contribution is -2.59. The van der Waals surface area contributed by atoms with E-state index in [9.17, 15) is 19.9 Å². The summed E-state index contributed by atoms with van der Waals surface area (Å²) in [6, 6.07) is 6.95. The van der Waals surface area contributed by atoms with Crippen LogP contribution in [0.4, 0.5) is 0 Å². The second-order valence-electron chi connectivity index (χ2n) is 6.19. The van der Waals surface area contributed by atoms with Crippen LogP contribution in [0.1, 0.15) is 6.42 Å². The first-order chi connectivity index (χ1) is 12.2. The van der Waals surface area contributed by atoms with E-state index in [1.165, 1.54) is 0 Å². The number of fused-ring (bicyclic) bond motifs is 1. The van der Waals surface area contributed by atoms with Gasteiger partial charge in [0.05, 0.1) is 12.3 Å². The number of rotatable bonds is 5. The van der Waals surface area contributed by atoms with Gasteiger partial charge >= 0.3 is 7.60 Å². The van der Waals surface area contributed by atoms with Crippen LogP contribution >= 0.6 is 7.60 Å². The Balaban J connectivity index is 1.75. The SMILES string of the molecule is O=P(O)(O)CC[C@H]1OC(Oc2ccc3ccncc3c2)[C@@H](O)[C@@H](O)[C@@H]1O. The van der Waals surface area contributed by atoms with Gasteiger partial charge < -0.3 is 34.6 Å². The quantitative estimate of drug-likeness (QED) is 0.448. The van der Waals surface area contributed by atoms with Gasteiger partial charge in [-0.2, -0.15) is 0 Å². The van der Waals surface area contributed by atoms with Gasteiger partial charge in [0, 0.05) is 17.8 Å². The summed E-state index contributed by atoms with van der Waals surface area (Å²) in [5.41, 5.74) is 0. The van der Waals surface area contributed by atoms with Crippen molar-refractivity contribution in [2.75, 3.05) is 6.16 Å². The first-order valence-corrected chi connectivity index (χ1v) is 9.79. The summed E-state index contributed by atoms with van der Waals surface area (Å²) in [7, 11) is -4.29. The molecule has 0 radical (unpaired) electrons. The third-order valence-corrected chi connectivity index (χ3v) is 5.08. The van der Waals surface area contributed by atoms with Crippen LogP contribution in [-0.2, 0) is 9.30 Å². The zero-order valence-corrected chi connectivity index (χ0v) is 14.5. The number of ether oxygens (including phenoxy) is 2. The Hall–Kier alpha value is -1.58. The number of aromatic nitrogens is 1. The second kappa shape index (κ2) is 7.58. The van der Waals surface area contributed by atoms with Crippen molar-refractivity contribution in [3.05, 3.63) is 36.7 Å². The van der Waals surface area contributed by atoms with Crippen molar-refractivity contribution >= 4 is 18.4 Å². The second-order valence-corrected chi connectivity index (χ2v) is 7.97. The van der Waals surface area contributed by atoms with Crippen molar-refractivity contribution in [1.29, 1.82) is 0 Å². The van der Waals surface area contributed by atoms with Crippen LogP contribution in [-0.4, -0.2) is 67.0 Å². The van der Waals surface area contributed by atoms with Crippen molar-refractivity contribution in [3.8, 4) is 5.75 Å². The molecule has 0 saturated carbocycles. The normalized spacial score (nSPS) is 29.7. The smallest absolute Gasteiger partial charge is 0.325 e. The molecule has 1 fully saturated rings. The van der Waals surface area contributed by atoms with Gasteiger partial charge in [-0.1, -0.05) is 6.07 Å². The van der Waals surface area contributed by atoms with Gasteiger partial charge in [-0.25, -0.2) is 0 Å². The minimum atomic E-state index is -4.29. The number of aliphatic hydroxyl groups excluding tert-OH is 3. The van der Waals surface area contributed by atoms with Gasteiger partial charge in [-0.3, -0.25) is 9.55 Å². The summed E-state index contributed by atoms with van der Waals surface area (Å²) in [6.07, 6.45) is -4.40. The summed E-state index contributed by atoms with van der Waals surface area (Å²) < 4.78 is 22.1. The molecule has 0 bridgehead atoms. The van der Waals surface area contributed by atoms with Gasteiger partial charge in [0.1, 0.15) is 24.1 Å². The van der Waals surface area contributed by atoms with Crippen LogP contribution in [0, 0.1) is 0 Å². The Bertz CT molecular complexity index is 812. The summed E-state index contributed by atoms with van der Waals surface area (Å²) in [5, 5.41) is 31.8. The van der Waals surface area contributed by atoms with E-state index in [0.29, 0.717) is 5.75 Å². The molecule has 1 aromatic heterocycles. The van der Waals surface area contributed by atoms with Crippen molar-refractivity contribution in [1.82, 2.24) is 4.98 Å². The topological polar surface area (TPSA) is 150 Å². The van der Waals surface area contributed by atoms with Crippen LogP contribution in [0.3, 0.4) is 0 Å². The monoisotopic (exact) mass is 385 g/mol. The molecule has 1 aliphatic heterocycles. The highest BCUT2D eigenvalue weighted by molar-refractivity contribution is 7.51. The highest BCUT2D eigenvalue weighted by Crippen LogP contribution is 2.37. The fourth-order valence-electron chi connectivity index (χ4n) is 2.82. The van der Waals surface area contributed by atoms with Crippen LogP contribution in [0.25, 0.3) is 10.8 Å². The maximum absolute atomic E-state index is 11.0. The highest BCUT2D eigenvalue weighted by Gasteiger charge is 2.45. The molecule has 1 aromatic carbocycles. The lowest BCUT2D eigenvalue weighted by Gasteiger charge is -2.40. The molecule has 3 rings (SSSR count). The van der Waals surface area contributed by atoms with E-state index < -0.39 is 44.5 Å². The van der Waals surface area contributed by atoms with Crippen LogP contribution < -0.4 is 4.74 Å². The van der Waals surface area contributed by atoms with Gasteiger partial charge in [0.25, 0.3) is 0 Å². The molecule has 0 spiro atoms. The first kappa shape index (κ1) is 19.2. The molecule has 0 amide bonds. The van der Waals surface area contributed by atoms with Gasteiger partial charge in [0.15, 0.2) is 0 Å². The third kappa shape index (κ3) is 4.39. The zero-order valence-electron chi connectivity index (χ0n) is 13.6. The Kier molecular flexibility index (Phi) is 5.59. The minimum absolute atomic E-state index is 0.198. The van der Waals surface area contributed by atoms with Crippen molar-refractivity contribution in [2.24, 2.45) is 0 Å². The zero-order chi connectivity index (χ0) is 18.9. The maximum Gasteiger partial charge on any atom is 0.325 e. The molecular formula is C16H20NO8P. The van der Waals surface area contributed by atoms with E-state index in [2.05, 4.69) is 4.98 Å². The molecule has 5 atom stereocenters. The van der Waals surface area contributed by atoms with Crippen LogP contribution in [0.15, 0.2) is 36.7 Å². The summed E-state index contributed by atoms with van der Waals surface area (Å²) in [5.74, 6) is 0.354. The Labute approximate surface area is 149 Å². The predicted molar refractivity (Wildman–Crippen MR) is 90.6 cm³/mol. The number of hydrogen-bond donors (Lipinski definition) is 5. The van der Waals surface area contributed by atoms with Gasteiger partial charge in [0.2, 0.25) is 6.29 Å². The van der Waals surface area contributed by atoms with E-state index >= 15 is 0 Å². The summed E-state index contributed by atoms with van der Waals surface area (Å²) in [4.78, 5) is 22.0. The van der Waals surface area contributed by atoms with Crippen molar-refractivity contribution in [2.45, 2.75) is 37.1 Å². The van der Waals surface area contributed by atoms with Gasteiger partial charge in [-0.05, 0) is 30.0 Å². The van der Waals surface area contributed by atoms with Gasteiger partial charge in [-0.15, -0.1) is 0 Å². The largest absolute Gasteiger partial charge is 0.462 e. The Morgan fingerprint density at radius 3 is 2.58 bits per heavy atom. The molecule has 10 heteroatoms. The van der Waals surface area contributed by atoms with E-state index in [0.717, 1.165) is 10.8 Å². The summed E-state index contributed by atoms with van der Waals surface area (Å²) in [6.45, 7) is 0. The fraction of sp³-hybridized carbons (Fsp3) is 0.438. The number of benzene rings is 1. The minimum Gasteiger partial charge on any atom is -0.462 e. The van der Waals surface area contributed by atoms with E-state index in [4.69, 9.17) is 19.3 Å². The summed E-state index contributed by atoms with van der Waals surface area (Å²) >= 11 is 0. The molecule has 2 heterocycles. The van der Waals surface area contributed by atoms with Crippen LogP contribution in [0.2, 0.25) is 0 Å². The van der Waals surface area contributed by atoms with Crippen molar-refractivity contribution in [3.63, 3.8) is 0 Å². The number of hydrogen-bond acceptors (Lipinski definition) is 7. The lowest BCUT2D eigenvalue weighted by atomic mass is 9.97. The van der Waals surface area contributed by atoms with Crippen LogP contribution in [0.5, 0.6) is 5.75 Å². The molecule has 0 aliphatic carbocycles. The first-order valence-electron chi connectivity index (χ1n) is 7.99. The molecule has 1 aliphatic rings. The molecule has 9 nitrogen and oxygen atoms in total. The maximum atomic E-state index is 11.0. The van der Waals surface area contributed by atoms with E-state index in [1.54, 1.807) is 30.6 Å². The molecule has 2 aromatic rings. The average Bonchev–Trinajstić information content (AvgIpc) is 2.60. The number of aliphatic hydroxyl groups is 3. The number of pyridine rings is 1. The molecule has 142 valence electrons. The van der Waals surface area contributed by atoms with E-state index in [-0.39, 0.29) is 6.42 Å². The van der Waals surface area contributed by atoms with E-state index in [1.807, 2.05) is 6.07 Å². The number of nitrogens with zero attached hydrogens (tertiary/aromatic N) is 1. The fourth-order valence-corrected chi connectivity index (χ4v) is 3.41. The Morgan fingerprint density at radius 1 is 1.08 bits per heavy atom. The molecule has 1 saturated heterocycles. The molecule has 1 unspecified atom stereocenters. The lowest BCUT2D eigenvalue weighted by molar-refractivity contribution is -0.272. The molecule has 5 N–H and O–H groups in total. The molecule has 26 heavy (non-hydrogen) atoms. The average molecular weight is 385 g/mol. The Morgan fingerprint density at radius 2 is 1.85 bits per heavy atom. The highest BCUT2D eigenvalue weighted by atomic mass is 31.2. The molecular weight excluding hydrogens is 365 g/mol. The van der Waals surface area contributed by atoms with Crippen molar-refractivity contribution < 1.29 is 39.1 Å². The third-order valence-electron chi connectivity index (χ3n) is 4.24.